The van der Waals surface area contributed by atoms with Crippen LogP contribution in [0.3, 0.4) is 0 Å². The number of aromatic nitrogens is 5. The van der Waals surface area contributed by atoms with Crippen molar-refractivity contribution in [1.29, 1.82) is 0 Å². The van der Waals surface area contributed by atoms with Gasteiger partial charge < -0.3 is 0 Å². The van der Waals surface area contributed by atoms with Crippen molar-refractivity contribution >= 4 is 16.9 Å². The zero-order valence-electron chi connectivity index (χ0n) is 15.4. The summed E-state index contributed by atoms with van der Waals surface area (Å²) in [6.07, 6.45) is 1.90. The van der Waals surface area contributed by atoms with Gasteiger partial charge in [-0.2, -0.15) is 4.98 Å². The van der Waals surface area contributed by atoms with Gasteiger partial charge in [-0.15, -0.1) is 0 Å². The Bertz CT molecular complexity index is 1450. The molecule has 0 bridgehead atoms. The van der Waals surface area contributed by atoms with E-state index in [1.807, 2.05) is 71.4 Å². The summed E-state index contributed by atoms with van der Waals surface area (Å²) in [5.74, 6) is 0.582. The van der Waals surface area contributed by atoms with Gasteiger partial charge in [0.1, 0.15) is 0 Å². The first kappa shape index (κ1) is 16.3. The first-order chi connectivity index (χ1) is 13.6. The van der Waals surface area contributed by atoms with E-state index in [9.17, 15) is 9.59 Å². The van der Waals surface area contributed by atoms with Crippen LogP contribution in [0.2, 0.25) is 0 Å². The minimum Gasteiger partial charge on any atom is -0.279 e. The summed E-state index contributed by atoms with van der Waals surface area (Å²) in [6, 6.07) is 19.8. The van der Waals surface area contributed by atoms with Gasteiger partial charge in [0.05, 0.1) is 5.69 Å². The van der Waals surface area contributed by atoms with Crippen LogP contribution in [0.15, 0.2) is 76.4 Å². The molecular formula is C21H17N5O2. The monoisotopic (exact) mass is 371 g/mol. The topological polar surface area (TPSA) is 66.2 Å². The highest BCUT2D eigenvalue weighted by Gasteiger charge is 2.21. The molecule has 0 radical (unpaired) electrons. The Balaban J connectivity index is 2.00. The number of fused-ring (bicyclic) bond motifs is 3. The van der Waals surface area contributed by atoms with Gasteiger partial charge in [0.2, 0.25) is 5.78 Å². The summed E-state index contributed by atoms with van der Waals surface area (Å²) in [5, 5.41) is 0. The zero-order valence-corrected chi connectivity index (χ0v) is 15.4. The molecule has 28 heavy (non-hydrogen) atoms. The Hall–Kier alpha value is -3.87. The summed E-state index contributed by atoms with van der Waals surface area (Å²) >= 11 is 0. The Kier molecular flexibility index (Phi) is 3.39. The SMILES string of the molecule is Cn1c(=O)c2c(nc3n(-c4ccccc4)c(-c4ccccc4)cn23)n(C)c1=O. The molecule has 0 unspecified atom stereocenters. The van der Waals surface area contributed by atoms with E-state index in [-0.39, 0.29) is 5.56 Å². The third-order valence-corrected chi connectivity index (χ3v) is 5.05. The first-order valence-corrected chi connectivity index (χ1v) is 8.88. The number of aryl methyl sites for hydroxylation is 1. The molecule has 138 valence electrons. The Labute approximate surface area is 159 Å². The smallest absolute Gasteiger partial charge is 0.279 e. The highest BCUT2D eigenvalue weighted by Crippen LogP contribution is 2.28. The molecule has 0 amide bonds. The minimum atomic E-state index is -0.396. The molecule has 0 aliphatic heterocycles. The average molecular weight is 371 g/mol. The molecule has 0 spiro atoms. The lowest BCUT2D eigenvalue weighted by Crippen LogP contribution is -2.37. The van der Waals surface area contributed by atoms with Gasteiger partial charge in [-0.25, -0.2) is 4.79 Å². The second-order valence-electron chi connectivity index (χ2n) is 6.71. The highest BCUT2D eigenvalue weighted by atomic mass is 16.2. The van der Waals surface area contributed by atoms with Crippen molar-refractivity contribution in [2.75, 3.05) is 0 Å². The summed E-state index contributed by atoms with van der Waals surface area (Å²) < 4.78 is 6.28. The standard InChI is InChI=1S/C21H17N5O2/c1-23-18-17(19(27)24(2)21(23)28)25-13-16(14-9-5-3-6-10-14)26(20(25)22-18)15-11-7-4-8-12-15/h3-13H,1-2H3. The largest absolute Gasteiger partial charge is 0.332 e. The van der Waals surface area contributed by atoms with E-state index in [1.54, 1.807) is 11.4 Å². The van der Waals surface area contributed by atoms with E-state index in [4.69, 9.17) is 0 Å². The molecule has 3 heterocycles. The Morgan fingerprint density at radius 1 is 0.821 bits per heavy atom. The molecule has 2 aromatic carbocycles. The maximum absolute atomic E-state index is 12.8. The van der Waals surface area contributed by atoms with E-state index >= 15 is 0 Å². The van der Waals surface area contributed by atoms with Crippen LogP contribution in [0.5, 0.6) is 0 Å². The van der Waals surface area contributed by atoms with Crippen molar-refractivity contribution in [3.05, 3.63) is 87.7 Å². The zero-order chi connectivity index (χ0) is 19.4. The van der Waals surface area contributed by atoms with E-state index < -0.39 is 5.69 Å². The highest BCUT2D eigenvalue weighted by molar-refractivity contribution is 5.79. The second-order valence-corrected chi connectivity index (χ2v) is 6.71. The fourth-order valence-corrected chi connectivity index (χ4v) is 3.62. The van der Waals surface area contributed by atoms with Crippen LogP contribution in [0, 0.1) is 0 Å². The Morgan fingerprint density at radius 2 is 1.46 bits per heavy atom. The van der Waals surface area contributed by atoms with Crippen molar-refractivity contribution in [2.24, 2.45) is 14.1 Å². The van der Waals surface area contributed by atoms with E-state index in [0.29, 0.717) is 16.9 Å². The lowest BCUT2D eigenvalue weighted by Gasteiger charge is -2.08. The quantitative estimate of drug-likeness (QED) is 0.478. The normalized spacial score (nSPS) is 11.5. The third-order valence-electron chi connectivity index (χ3n) is 5.05. The van der Waals surface area contributed by atoms with Crippen molar-refractivity contribution in [2.45, 2.75) is 0 Å². The molecule has 0 saturated heterocycles. The number of imidazole rings is 2. The van der Waals surface area contributed by atoms with Crippen molar-refractivity contribution < 1.29 is 0 Å². The maximum Gasteiger partial charge on any atom is 0.332 e. The number of benzene rings is 2. The van der Waals surface area contributed by atoms with Crippen LogP contribution in [0.4, 0.5) is 0 Å². The van der Waals surface area contributed by atoms with E-state index in [1.165, 1.54) is 11.6 Å². The lowest BCUT2D eigenvalue weighted by molar-refractivity contribution is 0.708. The van der Waals surface area contributed by atoms with Crippen LogP contribution in [0.25, 0.3) is 33.9 Å². The predicted molar refractivity (Wildman–Crippen MR) is 108 cm³/mol. The summed E-state index contributed by atoms with van der Waals surface area (Å²) in [5.41, 5.74) is 2.83. The number of hydrogen-bond donors (Lipinski definition) is 0. The Morgan fingerprint density at radius 3 is 2.14 bits per heavy atom. The van der Waals surface area contributed by atoms with Gasteiger partial charge in [0.15, 0.2) is 11.2 Å². The van der Waals surface area contributed by atoms with Crippen LogP contribution < -0.4 is 11.2 Å². The van der Waals surface area contributed by atoms with Crippen LogP contribution in [-0.4, -0.2) is 23.1 Å². The number of para-hydroxylation sites is 1. The van der Waals surface area contributed by atoms with Gasteiger partial charge in [-0.05, 0) is 12.1 Å². The van der Waals surface area contributed by atoms with Crippen molar-refractivity contribution in [1.82, 2.24) is 23.1 Å². The van der Waals surface area contributed by atoms with E-state index in [0.717, 1.165) is 21.5 Å². The molecule has 0 aliphatic carbocycles. The molecule has 7 nitrogen and oxygen atoms in total. The minimum absolute atomic E-state index is 0.365. The summed E-state index contributed by atoms with van der Waals surface area (Å²) in [4.78, 5) is 29.8. The molecular weight excluding hydrogens is 354 g/mol. The lowest BCUT2D eigenvalue weighted by atomic mass is 10.1. The molecule has 5 rings (SSSR count). The molecule has 0 fully saturated rings. The van der Waals surface area contributed by atoms with Gasteiger partial charge >= 0.3 is 5.69 Å². The third kappa shape index (κ3) is 2.13. The van der Waals surface area contributed by atoms with Crippen molar-refractivity contribution in [3.63, 3.8) is 0 Å². The molecule has 5 aromatic rings. The maximum atomic E-state index is 12.8. The molecule has 3 aromatic heterocycles. The fourth-order valence-electron chi connectivity index (χ4n) is 3.62. The molecule has 0 atom stereocenters. The molecule has 0 saturated carbocycles. The number of rotatable bonds is 2. The number of hydrogen-bond acceptors (Lipinski definition) is 3. The second kappa shape index (κ2) is 5.82. The fraction of sp³-hybridized carbons (Fsp3) is 0.0952. The van der Waals surface area contributed by atoms with Gasteiger partial charge in [-0.3, -0.25) is 22.9 Å². The predicted octanol–water partition coefficient (Wildman–Crippen LogP) is 2.34. The molecule has 0 N–H and O–H groups in total. The van der Waals surface area contributed by atoms with E-state index in [2.05, 4.69) is 4.98 Å². The molecule has 7 heteroatoms. The van der Waals surface area contributed by atoms with Crippen molar-refractivity contribution in [3.8, 4) is 16.9 Å². The first-order valence-electron chi connectivity index (χ1n) is 8.88. The molecule has 0 aliphatic rings. The van der Waals surface area contributed by atoms with Crippen LogP contribution >= 0.6 is 0 Å². The summed E-state index contributed by atoms with van der Waals surface area (Å²) in [7, 11) is 3.11. The van der Waals surface area contributed by atoms with Gasteiger partial charge in [-0.1, -0.05) is 48.5 Å². The van der Waals surface area contributed by atoms with Crippen LogP contribution in [0.1, 0.15) is 0 Å². The van der Waals surface area contributed by atoms with Gasteiger partial charge in [0.25, 0.3) is 5.56 Å². The van der Waals surface area contributed by atoms with Crippen LogP contribution in [-0.2, 0) is 14.1 Å². The summed E-state index contributed by atoms with van der Waals surface area (Å²) in [6.45, 7) is 0. The number of nitrogens with zero attached hydrogens (tertiary/aromatic N) is 5. The average Bonchev–Trinajstić information content (AvgIpc) is 3.28. The van der Waals surface area contributed by atoms with Gasteiger partial charge in [0, 0.05) is 31.5 Å².